The van der Waals surface area contributed by atoms with E-state index in [1.807, 2.05) is 12.1 Å². The molecule has 2 heterocycles. The number of nitriles is 1. The summed E-state index contributed by atoms with van der Waals surface area (Å²) in [6, 6.07) is 6.22. The highest BCUT2D eigenvalue weighted by Crippen LogP contribution is 2.21. The lowest BCUT2D eigenvalue weighted by molar-refractivity contribution is 0.0989. The zero-order valence-electron chi connectivity index (χ0n) is 8.68. The molecule has 78 valence electrons. The molecule has 0 aliphatic carbocycles. The van der Waals surface area contributed by atoms with Gasteiger partial charge in [0.15, 0.2) is 5.69 Å². The molecule has 4 nitrogen and oxygen atoms in total. The Morgan fingerprint density at radius 2 is 2.53 bits per heavy atom. The van der Waals surface area contributed by atoms with Gasteiger partial charge in [-0.25, -0.2) is 4.98 Å². The second-order valence-electron chi connectivity index (χ2n) is 3.60. The minimum Gasteiger partial charge on any atom is -0.377 e. The van der Waals surface area contributed by atoms with Gasteiger partial charge in [0.05, 0.1) is 18.9 Å². The smallest absolute Gasteiger partial charge is 0.163 e. The molecule has 4 heteroatoms. The molecule has 1 aliphatic heterocycles. The average Bonchev–Trinajstić information content (AvgIpc) is 2.30. The number of anilines is 1. The second-order valence-corrected chi connectivity index (χ2v) is 3.60. The van der Waals surface area contributed by atoms with Gasteiger partial charge in [0.2, 0.25) is 0 Å². The van der Waals surface area contributed by atoms with Crippen LogP contribution in [0.15, 0.2) is 18.3 Å². The summed E-state index contributed by atoms with van der Waals surface area (Å²) < 4.78 is 5.36. The number of pyridine rings is 1. The molecular weight excluding hydrogens is 190 g/mol. The predicted octanol–water partition coefficient (Wildman–Crippen LogP) is 1.18. The molecule has 1 aromatic rings. The van der Waals surface area contributed by atoms with Gasteiger partial charge in [0, 0.05) is 18.8 Å². The minimum atomic E-state index is 0.301. The Labute approximate surface area is 89.1 Å². The normalized spacial score (nSPS) is 21.1. The number of ether oxygens (including phenoxy) is 1. The number of aromatic nitrogens is 1. The van der Waals surface area contributed by atoms with E-state index in [4.69, 9.17) is 10.00 Å². The molecule has 0 amide bonds. The Bertz CT molecular complexity index is 386. The molecule has 1 aliphatic rings. The van der Waals surface area contributed by atoms with Gasteiger partial charge in [0.1, 0.15) is 6.07 Å². The molecule has 0 saturated carbocycles. The van der Waals surface area contributed by atoms with Gasteiger partial charge < -0.3 is 9.64 Å². The van der Waals surface area contributed by atoms with Crippen LogP contribution < -0.4 is 4.90 Å². The van der Waals surface area contributed by atoms with Gasteiger partial charge in [-0.1, -0.05) is 0 Å². The summed E-state index contributed by atoms with van der Waals surface area (Å²) in [5.41, 5.74) is 1.40. The highest BCUT2D eigenvalue weighted by atomic mass is 16.5. The number of rotatable bonds is 1. The van der Waals surface area contributed by atoms with Gasteiger partial charge in [-0.3, -0.25) is 0 Å². The van der Waals surface area contributed by atoms with E-state index in [0.29, 0.717) is 24.9 Å². The van der Waals surface area contributed by atoms with Crippen LogP contribution in [-0.2, 0) is 4.74 Å². The van der Waals surface area contributed by atoms with E-state index < -0.39 is 0 Å². The maximum absolute atomic E-state index is 8.96. The van der Waals surface area contributed by atoms with Gasteiger partial charge in [-0.15, -0.1) is 0 Å². The highest BCUT2D eigenvalue weighted by molar-refractivity contribution is 5.56. The van der Waals surface area contributed by atoms with E-state index in [1.54, 1.807) is 6.20 Å². The summed E-state index contributed by atoms with van der Waals surface area (Å²) in [7, 11) is 0. The first-order chi connectivity index (χ1) is 7.33. The molecule has 1 atom stereocenters. The van der Waals surface area contributed by atoms with E-state index in [9.17, 15) is 0 Å². The monoisotopic (exact) mass is 203 g/mol. The fourth-order valence-electron chi connectivity index (χ4n) is 1.80. The number of morpholine rings is 1. The van der Waals surface area contributed by atoms with Gasteiger partial charge in [0.25, 0.3) is 0 Å². The molecule has 0 bridgehead atoms. The molecule has 15 heavy (non-hydrogen) atoms. The first kappa shape index (κ1) is 9.94. The van der Waals surface area contributed by atoms with Gasteiger partial charge in [-0.2, -0.15) is 5.26 Å². The van der Waals surface area contributed by atoms with Crippen molar-refractivity contribution in [1.29, 1.82) is 5.26 Å². The average molecular weight is 203 g/mol. The van der Waals surface area contributed by atoms with Crippen molar-refractivity contribution in [3.63, 3.8) is 0 Å². The second kappa shape index (κ2) is 4.28. The summed E-state index contributed by atoms with van der Waals surface area (Å²) >= 11 is 0. The Kier molecular flexibility index (Phi) is 2.84. The van der Waals surface area contributed by atoms with Gasteiger partial charge in [-0.05, 0) is 19.1 Å². The molecule has 1 saturated heterocycles. The van der Waals surface area contributed by atoms with Crippen molar-refractivity contribution in [2.75, 3.05) is 24.7 Å². The van der Waals surface area contributed by atoms with Crippen molar-refractivity contribution < 1.29 is 4.74 Å². The van der Waals surface area contributed by atoms with Crippen LogP contribution in [0, 0.1) is 11.3 Å². The van der Waals surface area contributed by atoms with E-state index in [1.165, 1.54) is 0 Å². The summed E-state index contributed by atoms with van der Waals surface area (Å²) in [6.45, 7) is 4.33. The van der Waals surface area contributed by atoms with Crippen molar-refractivity contribution in [2.45, 2.75) is 13.0 Å². The quantitative estimate of drug-likeness (QED) is 0.687. The zero-order valence-corrected chi connectivity index (χ0v) is 8.68. The van der Waals surface area contributed by atoms with E-state index in [2.05, 4.69) is 22.9 Å². The molecule has 1 unspecified atom stereocenters. The third-order valence-electron chi connectivity index (χ3n) is 2.57. The minimum absolute atomic E-state index is 0.301. The van der Waals surface area contributed by atoms with Crippen LogP contribution >= 0.6 is 0 Å². The summed E-state index contributed by atoms with van der Waals surface area (Å²) in [6.07, 6.45) is 1.65. The van der Waals surface area contributed by atoms with E-state index in [-0.39, 0.29) is 0 Å². The van der Waals surface area contributed by atoms with Crippen molar-refractivity contribution >= 4 is 5.69 Å². The van der Waals surface area contributed by atoms with Crippen molar-refractivity contribution in [2.24, 2.45) is 0 Å². The van der Waals surface area contributed by atoms with Crippen LogP contribution in [-0.4, -0.2) is 30.8 Å². The summed E-state index contributed by atoms with van der Waals surface area (Å²) in [4.78, 5) is 6.24. The van der Waals surface area contributed by atoms with Crippen molar-refractivity contribution in [3.05, 3.63) is 24.0 Å². The fourth-order valence-corrected chi connectivity index (χ4v) is 1.80. The lowest BCUT2D eigenvalue weighted by atomic mass is 10.2. The van der Waals surface area contributed by atoms with E-state index >= 15 is 0 Å². The lowest BCUT2D eigenvalue weighted by Gasteiger charge is -2.35. The summed E-state index contributed by atoms with van der Waals surface area (Å²) in [5.74, 6) is 0. The fraction of sp³-hybridized carbons (Fsp3) is 0.455. The standard InChI is InChI=1S/C11H13N3O/c1-9-8-15-6-5-14(9)11-3-2-4-13-10(11)7-12/h2-4,9H,5-6,8H2,1H3. The molecule has 2 rings (SSSR count). The number of hydrogen-bond acceptors (Lipinski definition) is 4. The first-order valence-electron chi connectivity index (χ1n) is 5.02. The zero-order chi connectivity index (χ0) is 10.7. The maximum atomic E-state index is 8.96. The molecule has 0 aromatic carbocycles. The third-order valence-corrected chi connectivity index (χ3v) is 2.57. The van der Waals surface area contributed by atoms with Gasteiger partial charge >= 0.3 is 0 Å². The Morgan fingerprint density at radius 1 is 1.67 bits per heavy atom. The Morgan fingerprint density at radius 3 is 3.27 bits per heavy atom. The van der Waals surface area contributed by atoms with Crippen LogP contribution in [0.2, 0.25) is 0 Å². The van der Waals surface area contributed by atoms with Crippen LogP contribution in [0.1, 0.15) is 12.6 Å². The van der Waals surface area contributed by atoms with E-state index in [0.717, 1.165) is 12.2 Å². The topological polar surface area (TPSA) is 49.1 Å². The van der Waals surface area contributed by atoms with Crippen molar-refractivity contribution in [1.82, 2.24) is 4.98 Å². The number of hydrogen-bond donors (Lipinski definition) is 0. The first-order valence-corrected chi connectivity index (χ1v) is 5.02. The van der Waals surface area contributed by atoms with Crippen LogP contribution in [0.25, 0.3) is 0 Å². The largest absolute Gasteiger partial charge is 0.377 e. The summed E-state index contributed by atoms with van der Waals surface area (Å²) in [5, 5.41) is 8.96. The van der Waals surface area contributed by atoms with Crippen LogP contribution in [0.5, 0.6) is 0 Å². The van der Waals surface area contributed by atoms with Crippen LogP contribution in [0.3, 0.4) is 0 Å². The molecular formula is C11H13N3O. The SMILES string of the molecule is CC1COCCN1c1cccnc1C#N. The third kappa shape index (κ3) is 1.92. The molecule has 1 fully saturated rings. The Hall–Kier alpha value is -1.60. The number of nitrogens with zero attached hydrogens (tertiary/aromatic N) is 3. The lowest BCUT2D eigenvalue weighted by Crippen LogP contribution is -2.44. The molecule has 0 N–H and O–H groups in total. The Balaban J connectivity index is 2.31. The maximum Gasteiger partial charge on any atom is 0.163 e. The van der Waals surface area contributed by atoms with Crippen molar-refractivity contribution in [3.8, 4) is 6.07 Å². The van der Waals surface area contributed by atoms with Crippen LogP contribution in [0.4, 0.5) is 5.69 Å². The molecule has 0 radical (unpaired) electrons. The molecule has 1 aromatic heterocycles. The predicted molar refractivity (Wildman–Crippen MR) is 56.6 cm³/mol. The highest BCUT2D eigenvalue weighted by Gasteiger charge is 2.21. The molecule has 0 spiro atoms.